The second kappa shape index (κ2) is 7.38. The van der Waals surface area contributed by atoms with Crippen LogP contribution in [-0.2, 0) is 6.42 Å². The minimum atomic E-state index is -0.232. The first-order valence-corrected chi connectivity index (χ1v) is 9.42. The van der Waals surface area contributed by atoms with Crippen LogP contribution < -0.4 is 0 Å². The molecule has 1 saturated heterocycles. The molecule has 28 heavy (non-hydrogen) atoms. The number of aromatic nitrogens is 4. The summed E-state index contributed by atoms with van der Waals surface area (Å²) in [6, 6.07) is 9.52. The van der Waals surface area contributed by atoms with Crippen LogP contribution in [-0.4, -0.2) is 67.4 Å². The van der Waals surface area contributed by atoms with E-state index >= 15 is 0 Å². The number of carbonyl (C=O) groups is 2. The molecule has 2 aromatic heterocycles. The van der Waals surface area contributed by atoms with Gasteiger partial charge in [-0.3, -0.25) is 9.59 Å². The minimum Gasteiger partial charge on any atom is -0.335 e. The molecule has 2 amide bonds. The van der Waals surface area contributed by atoms with Crippen molar-refractivity contribution in [3.05, 3.63) is 59.2 Å². The zero-order valence-electron chi connectivity index (χ0n) is 16.0. The smallest absolute Gasteiger partial charge is 0.293 e. The Morgan fingerprint density at radius 1 is 0.964 bits per heavy atom. The third kappa shape index (κ3) is 3.33. The van der Waals surface area contributed by atoms with Gasteiger partial charge in [-0.25, -0.2) is 9.50 Å². The Morgan fingerprint density at radius 3 is 2.21 bits per heavy atom. The van der Waals surface area contributed by atoms with Gasteiger partial charge < -0.3 is 9.80 Å². The normalized spacial score (nSPS) is 14.5. The van der Waals surface area contributed by atoms with E-state index in [1.54, 1.807) is 20.5 Å². The lowest BCUT2D eigenvalue weighted by Gasteiger charge is -2.34. The Morgan fingerprint density at radius 2 is 1.61 bits per heavy atom. The lowest BCUT2D eigenvalue weighted by Crippen LogP contribution is -2.50. The highest BCUT2D eigenvalue weighted by molar-refractivity contribution is 5.95. The van der Waals surface area contributed by atoms with Gasteiger partial charge in [-0.1, -0.05) is 19.1 Å². The molecule has 8 nitrogen and oxygen atoms in total. The fraction of sp³-hybridized carbons (Fsp3) is 0.350. The Bertz CT molecular complexity index is 1020. The Balaban J connectivity index is 1.42. The topological polar surface area (TPSA) is 83.7 Å². The second-order valence-electron chi connectivity index (χ2n) is 6.87. The van der Waals surface area contributed by atoms with Gasteiger partial charge in [0, 0.05) is 43.6 Å². The number of amides is 2. The van der Waals surface area contributed by atoms with Gasteiger partial charge in [-0.05, 0) is 37.1 Å². The maximum atomic E-state index is 12.8. The maximum Gasteiger partial charge on any atom is 0.293 e. The molecule has 3 heterocycles. The average Bonchev–Trinajstić information content (AvgIpc) is 3.19. The molecule has 1 aromatic carbocycles. The van der Waals surface area contributed by atoms with Crippen LogP contribution in [0.3, 0.4) is 0 Å². The van der Waals surface area contributed by atoms with Gasteiger partial charge in [0.25, 0.3) is 17.6 Å². The molecule has 4 rings (SSSR count). The number of piperazine rings is 1. The number of hydrogen-bond donors (Lipinski definition) is 0. The zero-order chi connectivity index (χ0) is 19.7. The lowest BCUT2D eigenvalue weighted by molar-refractivity contribution is 0.0529. The van der Waals surface area contributed by atoms with Crippen molar-refractivity contribution >= 4 is 17.6 Å². The van der Waals surface area contributed by atoms with Crippen LogP contribution in [0, 0.1) is 6.92 Å². The maximum absolute atomic E-state index is 12.8. The van der Waals surface area contributed by atoms with E-state index in [4.69, 9.17) is 0 Å². The fourth-order valence-corrected chi connectivity index (χ4v) is 3.32. The van der Waals surface area contributed by atoms with Crippen molar-refractivity contribution < 1.29 is 9.59 Å². The van der Waals surface area contributed by atoms with Crippen LogP contribution >= 0.6 is 0 Å². The van der Waals surface area contributed by atoms with E-state index in [9.17, 15) is 9.59 Å². The first-order valence-electron chi connectivity index (χ1n) is 9.42. The molecule has 0 unspecified atom stereocenters. The number of rotatable bonds is 3. The number of carbonyl (C=O) groups excluding carboxylic acids is 2. The molecule has 1 fully saturated rings. The zero-order valence-corrected chi connectivity index (χ0v) is 16.0. The molecule has 144 valence electrons. The summed E-state index contributed by atoms with van der Waals surface area (Å²) in [4.78, 5) is 37.3. The predicted molar refractivity (Wildman–Crippen MR) is 103 cm³/mol. The lowest BCUT2D eigenvalue weighted by atomic mass is 10.1. The molecular formula is C20H22N6O2. The number of aryl methyl sites for hydroxylation is 2. The largest absolute Gasteiger partial charge is 0.335 e. The van der Waals surface area contributed by atoms with Gasteiger partial charge in [0.1, 0.15) is 0 Å². The molecular weight excluding hydrogens is 356 g/mol. The standard InChI is InChI=1S/C20H22N6O2/c1-3-15-4-6-16(7-5-15)18(27)24-10-12-25(13-11-24)19(28)17-22-20-21-9-8-14(2)26(20)23-17/h4-9H,3,10-13H2,1-2H3. The number of hydrogen-bond acceptors (Lipinski definition) is 5. The Kier molecular flexibility index (Phi) is 4.77. The SMILES string of the molecule is CCc1ccc(C(=O)N2CCN(C(=O)c3nc4nccc(C)n4n3)CC2)cc1. The molecule has 1 aliphatic rings. The van der Waals surface area contributed by atoms with Crippen LogP contribution in [0.5, 0.6) is 0 Å². The van der Waals surface area contributed by atoms with Gasteiger partial charge in [0.05, 0.1) is 0 Å². The van der Waals surface area contributed by atoms with E-state index in [2.05, 4.69) is 22.0 Å². The summed E-state index contributed by atoms with van der Waals surface area (Å²) in [5, 5.41) is 4.28. The van der Waals surface area contributed by atoms with Crippen LogP contribution in [0.15, 0.2) is 36.5 Å². The van der Waals surface area contributed by atoms with Crippen LogP contribution in [0.4, 0.5) is 0 Å². The van der Waals surface area contributed by atoms with Crippen molar-refractivity contribution in [1.82, 2.24) is 29.4 Å². The summed E-state index contributed by atoms with van der Waals surface area (Å²) < 4.78 is 1.56. The van der Waals surface area contributed by atoms with Crippen molar-refractivity contribution in [2.45, 2.75) is 20.3 Å². The molecule has 1 aliphatic heterocycles. The van der Waals surface area contributed by atoms with E-state index < -0.39 is 0 Å². The molecule has 0 radical (unpaired) electrons. The molecule has 0 atom stereocenters. The van der Waals surface area contributed by atoms with Crippen LogP contribution in [0.2, 0.25) is 0 Å². The van der Waals surface area contributed by atoms with Crippen molar-refractivity contribution in [2.24, 2.45) is 0 Å². The van der Waals surface area contributed by atoms with E-state index in [1.807, 2.05) is 37.3 Å². The molecule has 8 heteroatoms. The highest BCUT2D eigenvalue weighted by Gasteiger charge is 2.27. The second-order valence-corrected chi connectivity index (χ2v) is 6.87. The fourth-order valence-electron chi connectivity index (χ4n) is 3.32. The summed E-state index contributed by atoms with van der Waals surface area (Å²) in [5.74, 6) is 0.314. The van der Waals surface area contributed by atoms with Crippen LogP contribution in [0.25, 0.3) is 5.78 Å². The summed E-state index contributed by atoms with van der Waals surface area (Å²) in [6.45, 7) is 5.87. The van der Waals surface area contributed by atoms with Gasteiger partial charge in [0.15, 0.2) is 0 Å². The molecule has 0 bridgehead atoms. The van der Waals surface area contributed by atoms with E-state index in [0.717, 1.165) is 12.1 Å². The molecule has 0 spiro atoms. The summed E-state index contributed by atoms with van der Waals surface area (Å²) in [7, 11) is 0. The summed E-state index contributed by atoms with van der Waals surface area (Å²) in [5.41, 5.74) is 2.75. The van der Waals surface area contributed by atoms with Crippen molar-refractivity contribution in [1.29, 1.82) is 0 Å². The molecule has 0 aliphatic carbocycles. The monoisotopic (exact) mass is 378 g/mol. The van der Waals surface area contributed by atoms with E-state index in [1.165, 1.54) is 5.56 Å². The van der Waals surface area contributed by atoms with Crippen LogP contribution in [0.1, 0.15) is 39.2 Å². The Labute approximate surface area is 162 Å². The van der Waals surface area contributed by atoms with Gasteiger partial charge in [-0.2, -0.15) is 4.98 Å². The number of nitrogens with zero attached hydrogens (tertiary/aromatic N) is 6. The average molecular weight is 378 g/mol. The third-order valence-electron chi connectivity index (χ3n) is 5.08. The van der Waals surface area contributed by atoms with E-state index in [0.29, 0.717) is 37.5 Å². The van der Waals surface area contributed by atoms with Crippen molar-refractivity contribution in [3.8, 4) is 0 Å². The number of benzene rings is 1. The molecule has 0 N–H and O–H groups in total. The first-order chi connectivity index (χ1) is 13.6. The van der Waals surface area contributed by atoms with Crippen molar-refractivity contribution in [2.75, 3.05) is 26.2 Å². The van der Waals surface area contributed by atoms with Gasteiger partial charge in [0.2, 0.25) is 5.82 Å². The first kappa shape index (κ1) is 18.1. The summed E-state index contributed by atoms with van der Waals surface area (Å²) >= 11 is 0. The van der Waals surface area contributed by atoms with E-state index in [-0.39, 0.29) is 17.6 Å². The van der Waals surface area contributed by atoms with Gasteiger partial charge in [-0.15, -0.1) is 5.10 Å². The molecule has 0 saturated carbocycles. The highest BCUT2D eigenvalue weighted by Crippen LogP contribution is 2.13. The third-order valence-corrected chi connectivity index (χ3v) is 5.08. The van der Waals surface area contributed by atoms with Crippen molar-refractivity contribution in [3.63, 3.8) is 0 Å². The Hall–Kier alpha value is -3.29. The highest BCUT2D eigenvalue weighted by atomic mass is 16.2. The van der Waals surface area contributed by atoms with Gasteiger partial charge >= 0.3 is 0 Å². The quantitative estimate of drug-likeness (QED) is 0.691. The summed E-state index contributed by atoms with van der Waals surface area (Å²) in [6.07, 6.45) is 2.59. The predicted octanol–water partition coefficient (Wildman–Crippen LogP) is 1.59. The minimum absolute atomic E-state index is 0.000400. The number of fused-ring (bicyclic) bond motifs is 1. The molecule has 3 aromatic rings.